The first-order valence-corrected chi connectivity index (χ1v) is 4.21. The lowest BCUT2D eigenvalue weighted by Gasteiger charge is -2.13. The molecule has 1 radical (unpaired) electrons. The Labute approximate surface area is 68.7 Å². The fourth-order valence-electron chi connectivity index (χ4n) is 0.505. The molecule has 10 heavy (non-hydrogen) atoms. The van der Waals surface area contributed by atoms with Gasteiger partial charge in [-0.05, 0) is 19.3 Å². The number of hydrogen-bond acceptors (Lipinski definition) is 1. The molecule has 0 heterocycles. The molecule has 61 valence electrons. The number of halogens is 1. The summed E-state index contributed by atoms with van der Waals surface area (Å²) in [5.41, 5.74) is -0.216. The van der Waals surface area contributed by atoms with Crippen molar-refractivity contribution in [2.45, 2.75) is 32.3 Å². The van der Waals surface area contributed by atoms with Gasteiger partial charge < -0.3 is 4.74 Å². The largest absolute Gasteiger partial charge is 0.362 e. The van der Waals surface area contributed by atoms with Crippen LogP contribution in [0.2, 0.25) is 0 Å². The Hall–Kier alpha value is 0.250. The first kappa shape index (κ1) is 10.2. The van der Waals surface area contributed by atoms with Crippen molar-refractivity contribution in [3.8, 4) is 0 Å². The highest BCUT2D eigenvalue weighted by Gasteiger charge is 2.07. The molecule has 0 saturated carbocycles. The molecular weight excluding hydrogens is 148 g/mol. The molecule has 0 N–H and O–H groups in total. The van der Waals surface area contributed by atoms with Gasteiger partial charge in [0, 0.05) is 6.61 Å². The lowest BCUT2D eigenvalue weighted by atomic mass is 10.2. The zero-order valence-electron chi connectivity index (χ0n) is 6.77. The minimum absolute atomic E-state index is 0.165. The Morgan fingerprint density at radius 3 is 2.60 bits per heavy atom. The van der Waals surface area contributed by atoms with E-state index in [4.69, 9.17) is 16.3 Å². The summed E-state index contributed by atoms with van der Waals surface area (Å²) >= 11 is 5.77. The molecule has 0 rings (SSSR count). The molecule has 0 aromatic carbocycles. The third-order valence-electron chi connectivity index (χ3n) is 1.22. The number of unbranched alkanes of at least 4 members (excludes halogenated alkanes) is 1. The van der Waals surface area contributed by atoms with Gasteiger partial charge in [-0.15, -0.1) is 0 Å². The summed E-state index contributed by atoms with van der Waals surface area (Å²) in [6, 6.07) is 0. The highest BCUT2D eigenvalue weighted by Crippen LogP contribution is 2.10. The van der Waals surface area contributed by atoms with Gasteiger partial charge in [0.25, 0.3) is 0 Å². The van der Waals surface area contributed by atoms with Gasteiger partial charge in [-0.1, -0.05) is 31.9 Å². The van der Waals surface area contributed by atoms with E-state index in [-0.39, 0.29) is 11.5 Å². The molecule has 0 spiro atoms. The minimum Gasteiger partial charge on any atom is -0.362 e. The molecule has 0 amide bonds. The lowest BCUT2D eigenvalue weighted by Crippen LogP contribution is -2.13. The summed E-state index contributed by atoms with van der Waals surface area (Å²) in [5, 5.41) is 0. The van der Waals surface area contributed by atoms with Crippen molar-refractivity contribution in [3.63, 3.8) is 0 Å². The van der Waals surface area contributed by atoms with Crippen LogP contribution in [0.4, 0.5) is 0 Å². The van der Waals surface area contributed by atoms with Crippen molar-refractivity contribution < 1.29 is 4.74 Å². The smallest absolute Gasteiger partial charge is 0.133 e. The van der Waals surface area contributed by atoms with Crippen LogP contribution in [-0.4, -0.2) is 12.2 Å². The van der Waals surface area contributed by atoms with E-state index in [1.54, 1.807) is 0 Å². The van der Waals surface area contributed by atoms with Crippen LogP contribution < -0.4 is 0 Å². The van der Waals surface area contributed by atoms with E-state index in [1.165, 1.54) is 0 Å². The van der Waals surface area contributed by atoms with Crippen molar-refractivity contribution in [2.24, 2.45) is 5.92 Å². The average Bonchev–Trinajstić information content (AvgIpc) is 1.88. The van der Waals surface area contributed by atoms with E-state index in [1.807, 2.05) is 6.92 Å². The molecule has 2 unspecified atom stereocenters. The summed E-state index contributed by atoms with van der Waals surface area (Å²) in [6.07, 6.45) is 2.23. The maximum absolute atomic E-state index is 5.77. The maximum Gasteiger partial charge on any atom is 0.133 e. The molecule has 1 nitrogen and oxygen atoms in total. The van der Waals surface area contributed by atoms with Crippen LogP contribution in [0.1, 0.15) is 26.7 Å². The summed E-state index contributed by atoms with van der Waals surface area (Å²) < 4.78 is 5.25. The Morgan fingerprint density at radius 2 is 2.20 bits per heavy atom. The fraction of sp³-hybridized carbons (Fsp3) is 0.875. The second-order valence-electron chi connectivity index (χ2n) is 2.55. The van der Waals surface area contributed by atoms with Crippen LogP contribution >= 0.6 is 11.6 Å². The van der Waals surface area contributed by atoms with E-state index in [0.717, 1.165) is 19.4 Å². The molecule has 0 bridgehead atoms. The lowest BCUT2D eigenvalue weighted by molar-refractivity contribution is 0.0829. The zero-order valence-corrected chi connectivity index (χ0v) is 7.53. The van der Waals surface area contributed by atoms with E-state index in [2.05, 4.69) is 13.8 Å². The van der Waals surface area contributed by atoms with Gasteiger partial charge in [0.15, 0.2) is 0 Å². The maximum atomic E-state index is 5.77. The Balaban J connectivity index is 3.13. The molecule has 2 heteroatoms. The molecule has 2 atom stereocenters. The van der Waals surface area contributed by atoms with Gasteiger partial charge in [0.2, 0.25) is 0 Å². The van der Waals surface area contributed by atoms with E-state index < -0.39 is 0 Å². The van der Waals surface area contributed by atoms with E-state index >= 15 is 0 Å². The standard InChI is InChI=1S/C8H16ClO/c1-4-5-6-10-8(9)7(2)3/h7-8H,2,4-6H2,1,3H3. The predicted molar refractivity (Wildman–Crippen MR) is 45.0 cm³/mol. The Bertz CT molecular complexity index is 73.7. The predicted octanol–water partition coefficient (Wildman–Crippen LogP) is 2.84. The third-order valence-corrected chi connectivity index (χ3v) is 1.78. The molecular formula is C8H16ClO. The second-order valence-corrected chi connectivity index (χ2v) is 2.98. The van der Waals surface area contributed by atoms with E-state index in [9.17, 15) is 0 Å². The van der Waals surface area contributed by atoms with Crippen molar-refractivity contribution in [3.05, 3.63) is 6.92 Å². The Kier molecular flexibility index (Phi) is 6.14. The minimum atomic E-state index is -0.216. The van der Waals surface area contributed by atoms with Gasteiger partial charge in [-0.2, -0.15) is 0 Å². The number of alkyl halides is 1. The summed E-state index contributed by atoms with van der Waals surface area (Å²) in [5.74, 6) is 0.165. The van der Waals surface area contributed by atoms with Gasteiger partial charge in [0.05, 0.1) is 0 Å². The fourth-order valence-corrected chi connectivity index (χ4v) is 0.594. The average molecular weight is 164 g/mol. The molecule has 0 aliphatic carbocycles. The zero-order chi connectivity index (χ0) is 7.98. The van der Waals surface area contributed by atoms with Crippen LogP contribution in [0.25, 0.3) is 0 Å². The van der Waals surface area contributed by atoms with E-state index in [0.29, 0.717) is 0 Å². The van der Waals surface area contributed by atoms with Crippen molar-refractivity contribution >= 4 is 11.6 Å². The highest BCUT2D eigenvalue weighted by molar-refractivity contribution is 6.19. The second kappa shape index (κ2) is 5.99. The van der Waals surface area contributed by atoms with Crippen molar-refractivity contribution in [1.82, 2.24) is 0 Å². The topological polar surface area (TPSA) is 9.23 Å². The van der Waals surface area contributed by atoms with Gasteiger partial charge in [-0.25, -0.2) is 0 Å². The third kappa shape index (κ3) is 5.07. The van der Waals surface area contributed by atoms with Crippen molar-refractivity contribution in [1.29, 1.82) is 0 Å². The van der Waals surface area contributed by atoms with Gasteiger partial charge >= 0.3 is 0 Å². The van der Waals surface area contributed by atoms with Crippen LogP contribution in [0, 0.1) is 12.8 Å². The van der Waals surface area contributed by atoms with Crippen LogP contribution in [0.15, 0.2) is 0 Å². The summed E-state index contributed by atoms with van der Waals surface area (Å²) in [4.78, 5) is 0. The molecule has 0 aliphatic rings. The highest BCUT2D eigenvalue weighted by atomic mass is 35.5. The molecule has 0 aliphatic heterocycles. The monoisotopic (exact) mass is 163 g/mol. The van der Waals surface area contributed by atoms with Crippen molar-refractivity contribution in [2.75, 3.05) is 6.61 Å². The van der Waals surface area contributed by atoms with Gasteiger partial charge in [-0.3, -0.25) is 0 Å². The molecule has 0 fully saturated rings. The molecule has 0 aromatic rings. The number of rotatable bonds is 5. The van der Waals surface area contributed by atoms with Crippen LogP contribution in [-0.2, 0) is 4.74 Å². The Morgan fingerprint density at radius 1 is 1.60 bits per heavy atom. The molecule has 0 aromatic heterocycles. The first-order valence-electron chi connectivity index (χ1n) is 3.77. The summed E-state index contributed by atoms with van der Waals surface area (Å²) in [6.45, 7) is 8.59. The normalized spacial score (nSPS) is 14.1. The SMILES string of the molecule is [CH2]C(C)C(Cl)OCCCC. The number of ether oxygens (including phenoxy) is 1. The molecule has 0 saturated heterocycles. The quantitative estimate of drug-likeness (QED) is 0.448. The van der Waals surface area contributed by atoms with Gasteiger partial charge in [0.1, 0.15) is 5.56 Å². The summed E-state index contributed by atoms with van der Waals surface area (Å²) in [7, 11) is 0. The van der Waals surface area contributed by atoms with Crippen LogP contribution in [0.3, 0.4) is 0 Å². The number of hydrogen-bond donors (Lipinski definition) is 0. The van der Waals surface area contributed by atoms with Crippen LogP contribution in [0.5, 0.6) is 0 Å². The first-order chi connectivity index (χ1) is 4.68.